The summed E-state index contributed by atoms with van der Waals surface area (Å²) in [6.45, 7) is 1.58. The van der Waals surface area contributed by atoms with Crippen molar-refractivity contribution in [3.05, 3.63) is 73.5 Å². The highest BCUT2D eigenvalue weighted by Gasteiger charge is 2.13. The lowest BCUT2D eigenvalue weighted by Crippen LogP contribution is -2.21. The maximum absolute atomic E-state index is 12.2. The van der Waals surface area contributed by atoms with Crippen LogP contribution < -0.4 is 11.2 Å². The number of fused-ring (bicyclic) bond motifs is 3. The van der Waals surface area contributed by atoms with Crippen LogP contribution in [-0.2, 0) is 17.9 Å². The number of aromatic nitrogens is 4. The van der Waals surface area contributed by atoms with Crippen molar-refractivity contribution >= 4 is 37.7 Å². The van der Waals surface area contributed by atoms with E-state index in [-0.39, 0.29) is 0 Å². The maximum atomic E-state index is 12.2. The average molecular weight is 415 g/mol. The van der Waals surface area contributed by atoms with Gasteiger partial charge in [0.1, 0.15) is 5.52 Å². The zero-order valence-corrected chi connectivity index (χ0v) is 15.2. The van der Waals surface area contributed by atoms with Crippen LogP contribution in [0, 0.1) is 0 Å². The Labute approximate surface area is 155 Å². The molecule has 0 saturated carbocycles. The zero-order valence-electron chi connectivity index (χ0n) is 13.7. The summed E-state index contributed by atoms with van der Waals surface area (Å²) < 4.78 is 8.14. The summed E-state index contributed by atoms with van der Waals surface area (Å²) in [6.07, 6.45) is 1.79. The highest BCUT2D eigenvalue weighted by atomic mass is 79.9. The Morgan fingerprint density at radius 3 is 2.77 bits per heavy atom. The molecule has 0 bridgehead atoms. The third-order valence-corrected chi connectivity index (χ3v) is 4.68. The summed E-state index contributed by atoms with van der Waals surface area (Å²) in [7, 11) is 0. The van der Waals surface area contributed by atoms with Crippen LogP contribution in [0.25, 0.3) is 21.8 Å². The molecule has 0 unspecified atom stereocenters. The standard InChI is InChI=1S/C18H15BrN4O3/c19-13-8-14-15(17(24)21-18(25)20-14)12-9-23(22-16(12)13)6-7-26-10-11-4-2-1-3-5-11/h1-5,8-9H,6-7,10H2,(H2,20,21,24,25). The molecule has 0 saturated heterocycles. The van der Waals surface area contributed by atoms with Gasteiger partial charge in [0.15, 0.2) is 0 Å². The number of H-pyrrole nitrogens is 2. The first-order valence-corrected chi connectivity index (χ1v) is 8.85. The molecule has 0 aliphatic heterocycles. The first-order valence-electron chi connectivity index (χ1n) is 8.05. The summed E-state index contributed by atoms with van der Waals surface area (Å²) in [6, 6.07) is 11.6. The van der Waals surface area contributed by atoms with Gasteiger partial charge >= 0.3 is 5.69 Å². The number of halogens is 1. The molecular formula is C18H15BrN4O3. The second-order valence-corrected chi connectivity index (χ2v) is 6.74. The van der Waals surface area contributed by atoms with Gasteiger partial charge in [0.05, 0.1) is 30.7 Å². The predicted molar refractivity (Wildman–Crippen MR) is 102 cm³/mol. The number of hydrogen-bond acceptors (Lipinski definition) is 4. The minimum absolute atomic E-state index is 0.416. The number of aromatic amines is 2. The van der Waals surface area contributed by atoms with Gasteiger partial charge in [-0.25, -0.2) is 4.79 Å². The van der Waals surface area contributed by atoms with Crippen LogP contribution in [0.15, 0.2) is 56.7 Å². The molecule has 4 aromatic rings. The van der Waals surface area contributed by atoms with E-state index in [1.807, 2.05) is 30.3 Å². The Hall–Kier alpha value is -2.71. The van der Waals surface area contributed by atoms with Crippen molar-refractivity contribution in [1.82, 2.24) is 19.7 Å². The highest BCUT2D eigenvalue weighted by Crippen LogP contribution is 2.27. The van der Waals surface area contributed by atoms with E-state index in [1.165, 1.54) is 0 Å². The predicted octanol–water partition coefficient (Wildman–Crippen LogP) is 2.55. The van der Waals surface area contributed by atoms with Gasteiger partial charge in [0.25, 0.3) is 5.56 Å². The molecule has 4 rings (SSSR count). The van der Waals surface area contributed by atoms with Crippen molar-refractivity contribution in [3.63, 3.8) is 0 Å². The molecule has 2 heterocycles. The third-order valence-electron chi connectivity index (χ3n) is 4.08. The fourth-order valence-electron chi connectivity index (χ4n) is 2.89. The summed E-state index contributed by atoms with van der Waals surface area (Å²) in [4.78, 5) is 28.6. The summed E-state index contributed by atoms with van der Waals surface area (Å²) in [5.74, 6) is 0. The van der Waals surface area contributed by atoms with E-state index in [0.29, 0.717) is 46.0 Å². The van der Waals surface area contributed by atoms with Crippen molar-refractivity contribution in [1.29, 1.82) is 0 Å². The van der Waals surface area contributed by atoms with Crippen molar-refractivity contribution in [2.75, 3.05) is 6.61 Å². The minimum atomic E-state index is -0.532. The first kappa shape index (κ1) is 16.7. The third kappa shape index (κ3) is 3.21. The van der Waals surface area contributed by atoms with Crippen molar-refractivity contribution in [2.24, 2.45) is 0 Å². The lowest BCUT2D eigenvalue weighted by Gasteiger charge is -2.04. The number of nitrogens with one attached hydrogen (secondary N) is 2. The smallest absolute Gasteiger partial charge is 0.326 e. The average Bonchev–Trinajstić information content (AvgIpc) is 3.03. The molecule has 2 aromatic carbocycles. The van der Waals surface area contributed by atoms with Gasteiger partial charge < -0.3 is 9.72 Å². The van der Waals surface area contributed by atoms with E-state index in [4.69, 9.17) is 4.74 Å². The van der Waals surface area contributed by atoms with Crippen molar-refractivity contribution in [3.8, 4) is 0 Å². The summed E-state index contributed by atoms with van der Waals surface area (Å²) in [5.41, 5.74) is 1.29. The Kier molecular flexibility index (Phi) is 4.44. The molecule has 0 spiro atoms. The normalized spacial score (nSPS) is 11.4. The van der Waals surface area contributed by atoms with Crippen LogP contribution in [0.2, 0.25) is 0 Å². The molecule has 8 heteroatoms. The van der Waals surface area contributed by atoms with E-state index in [2.05, 4.69) is 31.0 Å². The first-order chi connectivity index (χ1) is 12.6. The molecule has 0 aliphatic rings. The molecule has 26 heavy (non-hydrogen) atoms. The largest absolute Gasteiger partial charge is 0.375 e. The van der Waals surface area contributed by atoms with E-state index in [0.717, 1.165) is 5.56 Å². The molecule has 2 N–H and O–H groups in total. The van der Waals surface area contributed by atoms with Crippen LogP contribution >= 0.6 is 15.9 Å². The molecule has 0 atom stereocenters. The molecule has 0 amide bonds. The molecule has 7 nitrogen and oxygen atoms in total. The van der Waals surface area contributed by atoms with Gasteiger partial charge in [0, 0.05) is 16.1 Å². The number of rotatable bonds is 5. The van der Waals surface area contributed by atoms with Crippen LogP contribution in [0.5, 0.6) is 0 Å². The molecule has 0 fully saturated rings. The highest BCUT2D eigenvalue weighted by molar-refractivity contribution is 9.10. The van der Waals surface area contributed by atoms with Gasteiger partial charge in [-0.05, 0) is 27.6 Å². The van der Waals surface area contributed by atoms with E-state index < -0.39 is 11.2 Å². The van der Waals surface area contributed by atoms with E-state index >= 15 is 0 Å². The number of hydrogen-bond donors (Lipinski definition) is 2. The van der Waals surface area contributed by atoms with Gasteiger partial charge in [-0.2, -0.15) is 5.10 Å². The van der Waals surface area contributed by atoms with Gasteiger partial charge in [-0.3, -0.25) is 14.5 Å². The van der Waals surface area contributed by atoms with Gasteiger partial charge in [-0.1, -0.05) is 30.3 Å². The van der Waals surface area contributed by atoms with Crippen LogP contribution in [0.1, 0.15) is 5.56 Å². The Morgan fingerprint density at radius 2 is 1.96 bits per heavy atom. The van der Waals surface area contributed by atoms with Crippen molar-refractivity contribution in [2.45, 2.75) is 13.2 Å². The van der Waals surface area contributed by atoms with E-state index in [9.17, 15) is 9.59 Å². The monoisotopic (exact) mass is 414 g/mol. The fourth-order valence-corrected chi connectivity index (χ4v) is 3.41. The summed E-state index contributed by atoms with van der Waals surface area (Å²) >= 11 is 3.45. The Balaban J connectivity index is 1.59. The van der Waals surface area contributed by atoms with Crippen molar-refractivity contribution < 1.29 is 4.74 Å². The molecule has 0 radical (unpaired) electrons. The fraction of sp³-hybridized carbons (Fsp3) is 0.167. The lowest BCUT2D eigenvalue weighted by atomic mass is 10.1. The number of nitrogens with zero attached hydrogens (tertiary/aromatic N) is 2. The Bertz CT molecular complexity index is 1190. The molecular weight excluding hydrogens is 400 g/mol. The molecule has 0 aliphatic carbocycles. The van der Waals surface area contributed by atoms with E-state index in [1.54, 1.807) is 16.9 Å². The topological polar surface area (TPSA) is 92.8 Å². The molecule has 132 valence electrons. The number of benzene rings is 2. The Morgan fingerprint density at radius 1 is 1.15 bits per heavy atom. The quantitative estimate of drug-likeness (QED) is 0.490. The lowest BCUT2D eigenvalue weighted by molar-refractivity contribution is 0.111. The maximum Gasteiger partial charge on any atom is 0.326 e. The second-order valence-electron chi connectivity index (χ2n) is 5.88. The second kappa shape index (κ2) is 6.89. The van der Waals surface area contributed by atoms with Crippen LogP contribution in [-0.4, -0.2) is 26.4 Å². The van der Waals surface area contributed by atoms with Crippen LogP contribution in [0.3, 0.4) is 0 Å². The molecule has 2 aromatic heterocycles. The van der Waals surface area contributed by atoms with Gasteiger partial charge in [-0.15, -0.1) is 0 Å². The number of ether oxygens (including phenoxy) is 1. The SMILES string of the molecule is O=c1[nH]c(=O)c2c(cc(Br)c3nn(CCOCc4ccccc4)cc32)[nH]1. The minimum Gasteiger partial charge on any atom is -0.375 e. The van der Waals surface area contributed by atoms with Crippen LogP contribution in [0.4, 0.5) is 0 Å². The van der Waals surface area contributed by atoms with Gasteiger partial charge in [0.2, 0.25) is 0 Å². The summed E-state index contributed by atoms with van der Waals surface area (Å²) in [5, 5.41) is 5.61. The zero-order chi connectivity index (χ0) is 18.1.